The van der Waals surface area contributed by atoms with Gasteiger partial charge in [-0.05, 0) is 53.9 Å². The van der Waals surface area contributed by atoms with Crippen molar-refractivity contribution in [1.29, 1.82) is 0 Å². The summed E-state index contributed by atoms with van der Waals surface area (Å²) in [5.41, 5.74) is 1.19. The van der Waals surface area contributed by atoms with Crippen LogP contribution in [0.3, 0.4) is 0 Å². The largest absolute Gasteiger partial charge is 0.393 e. The maximum atomic E-state index is 13.7. The number of carbonyl (C=O) groups excluding carboxylic acids is 3. The second-order valence-electron chi connectivity index (χ2n) is 11.7. The van der Waals surface area contributed by atoms with Gasteiger partial charge < -0.3 is 20.5 Å². The van der Waals surface area contributed by atoms with Gasteiger partial charge in [0.2, 0.25) is 5.91 Å². The number of benzene rings is 2. The van der Waals surface area contributed by atoms with Crippen LogP contribution in [0.2, 0.25) is 0 Å². The standard InChI is InChI=1S/C32H42N2O5/c1-21(2)16-27(29(36)32(19-35)20-39-32)33-31(38)28(18-24-13-8-7-10-22(24)3)34-30(37)26-15-9-14-25(17-26)23-11-5-4-6-12-23/h4-6,9,11-12,14-15,17,21-22,24,27-28,35H,7-8,10,13,16,18-20H2,1-3H3,(H,33,38)(H,34,37). The Bertz CT molecular complexity index is 1140. The second-order valence-corrected chi connectivity index (χ2v) is 11.7. The third-order valence-electron chi connectivity index (χ3n) is 8.22. The second kappa shape index (κ2) is 12.9. The van der Waals surface area contributed by atoms with Crippen LogP contribution in [0.5, 0.6) is 0 Å². The molecule has 0 spiro atoms. The van der Waals surface area contributed by atoms with E-state index in [0.717, 1.165) is 30.4 Å². The summed E-state index contributed by atoms with van der Waals surface area (Å²) in [6, 6.07) is 15.7. The highest BCUT2D eigenvalue weighted by atomic mass is 16.6. The molecule has 3 N–H and O–H groups in total. The Balaban J connectivity index is 1.54. The van der Waals surface area contributed by atoms with Crippen LogP contribution in [0, 0.1) is 17.8 Å². The highest BCUT2D eigenvalue weighted by Gasteiger charge is 2.54. The van der Waals surface area contributed by atoms with E-state index in [-0.39, 0.29) is 30.1 Å². The summed E-state index contributed by atoms with van der Waals surface area (Å²) in [6.07, 6.45) is 5.36. The molecule has 5 unspecified atom stereocenters. The van der Waals surface area contributed by atoms with Crippen LogP contribution in [0.15, 0.2) is 54.6 Å². The van der Waals surface area contributed by atoms with Gasteiger partial charge in [-0.15, -0.1) is 0 Å². The molecule has 2 fully saturated rings. The summed E-state index contributed by atoms with van der Waals surface area (Å²) in [7, 11) is 0. The Morgan fingerprint density at radius 2 is 1.67 bits per heavy atom. The van der Waals surface area contributed by atoms with Gasteiger partial charge in [0.1, 0.15) is 6.04 Å². The van der Waals surface area contributed by atoms with Crippen molar-refractivity contribution in [2.24, 2.45) is 17.8 Å². The lowest BCUT2D eigenvalue weighted by Gasteiger charge is -2.32. The Kier molecular flexibility index (Phi) is 9.57. The predicted molar refractivity (Wildman–Crippen MR) is 151 cm³/mol. The Morgan fingerprint density at radius 3 is 2.31 bits per heavy atom. The van der Waals surface area contributed by atoms with Crippen LogP contribution in [-0.4, -0.2) is 53.6 Å². The number of ether oxygens (including phenoxy) is 1. The Morgan fingerprint density at radius 1 is 0.974 bits per heavy atom. The zero-order valence-corrected chi connectivity index (χ0v) is 23.3. The minimum atomic E-state index is -1.22. The predicted octanol–water partition coefficient (Wildman–Crippen LogP) is 4.53. The van der Waals surface area contributed by atoms with E-state index in [0.29, 0.717) is 30.2 Å². The number of Topliss-reactive ketones (excluding diaryl/α,β-unsaturated/α-hetero) is 1. The zero-order valence-electron chi connectivity index (χ0n) is 23.3. The zero-order chi connectivity index (χ0) is 28.0. The number of carbonyl (C=O) groups is 3. The fraction of sp³-hybridized carbons (Fsp3) is 0.531. The van der Waals surface area contributed by atoms with Gasteiger partial charge in [-0.2, -0.15) is 0 Å². The molecule has 0 aromatic heterocycles. The van der Waals surface area contributed by atoms with E-state index in [2.05, 4.69) is 17.6 Å². The summed E-state index contributed by atoms with van der Waals surface area (Å²) in [5.74, 6) is -0.0913. The van der Waals surface area contributed by atoms with Gasteiger partial charge in [0.25, 0.3) is 5.91 Å². The van der Waals surface area contributed by atoms with Gasteiger partial charge in [0.05, 0.1) is 19.3 Å². The average Bonchev–Trinajstić information content (AvgIpc) is 3.74. The van der Waals surface area contributed by atoms with E-state index in [1.807, 2.05) is 62.4 Å². The van der Waals surface area contributed by atoms with E-state index >= 15 is 0 Å². The average molecular weight is 535 g/mol. The maximum absolute atomic E-state index is 13.7. The topological polar surface area (TPSA) is 108 Å². The lowest BCUT2D eigenvalue weighted by atomic mass is 9.77. The van der Waals surface area contributed by atoms with E-state index in [1.165, 1.54) is 6.42 Å². The van der Waals surface area contributed by atoms with Crippen LogP contribution in [-0.2, 0) is 14.3 Å². The molecular formula is C32H42N2O5. The molecule has 7 nitrogen and oxygen atoms in total. The molecule has 2 aromatic carbocycles. The van der Waals surface area contributed by atoms with Crippen LogP contribution < -0.4 is 10.6 Å². The van der Waals surface area contributed by atoms with Crippen molar-refractivity contribution in [2.45, 2.75) is 77.0 Å². The summed E-state index contributed by atoms with van der Waals surface area (Å²) in [5, 5.41) is 15.7. The van der Waals surface area contributed by atoms with Gasteiger partial charge in [0, 0.05) is 5.56 Å². The molecule has 1 saturated heterocycles. The Hall–Kier alpha value is -3.03. The van der Waals surface area contributed by atoms with Crippen molar-refractivity contribution < 1.29 is 24.2 Å². The first-order chi connectivity index (χ1) is 18.7. The highest BCUT2D eigenvalue weighted by molar-refractivity contribution is 6.00. The molecule has 210 valence electrons. The number of hydrogen-bond donors (Lipinski definition) is 3. The summed E-state index contributed by atoms with van der Waals surface area (Å²) >= 11 is 0. The minimum absolute atomic E-state index is 0.140. The molecule has 39 heavy (non-hydrogen) atoms. The van der Waals surface area contributed by atoms with Crippen molar-refractivity contribution in [3.63, 3.8) is 0 Å². The number of aliphatic hydroxyl groups is 1. The maximum Gasteiger partial charge on any atom is 0.251 e. The Labute approximate surface area is 231 Å². The molecule has 1 aliphatic carbocycles. The first-order valence-corrected chi connectivity index (χ1v) is 14.3. The molecule has 5 atom stereocenters. The molecular weight excluding hydrogens is 492 g/mol. The van der Waals surface area contributed by atoms with E-state index < -0.39 is 24.3 Å². The van der Waals surface area contributed by atoms with Crippen molar-refractivity contribution in [1.82, 2.24) is 10.6 Å². The first-order valence-electron chi connectivity index (χ1n) is 14.3. The fourth-order valence-corrected chi connectivity index (χ4v) is 5.68. The molecule has 1 saturated carbocycles. The van der Waals surface area contributed by atoms with Gasteiger partial charge >= 0.3 is 0 Å². The SMILES string of the molecule is CC(C)CC(NC(=O)C(CC1CCCCC1C)NC(=O)c1cccc(-c2ccccc2)c1)C(=O)C1(CO)CO1. The molecule has 2 aliphatic rings. The fourth-order valence-electron chi connectivity index (χ4n) is 5.68. The summed E-state index contributed by atoms with van der Waals surface area (Å²) < 4.78 is 5.30. The molecule has 4 rings (SSSR count). The van der Waals surface area contributed by atoms with Crippen LogP contribution in [0.25, 0.3) is 11.1 Å². The third-order valence-corrected chi connectivity index (χ3v) is 8.22. The summed E-state index contributed by atoms with van der Waals surface area (Å²) in [4.78, 5) is 40.4. The van der Waals surface area contributed by atoms with Crippen molar-refractivity contribution >= 4 is 17.6 Å². The number of rotatable bonds is 12. The van der Waals surface area contributed by atoms with Crippen LogP contribution >= 0.6 is 0 Å². The number of nitrogens with one attached hydrogen (secondary N) is 2. The van der Waals surface area contributed by atoms with Gasteiger partial charge in [-0.3, -0.25) is 14.4 Å². The van der Waals surface area contributed by atoms with E-state index in [9.17, 15) is 19.5 Å². The number of amides is 2. The minimum Gasteiger partial charge on any atom is -0.393 e. The molecule has 2 aromatic rings. The van der Waals surface area contributed by atoms with Gasteiger partial charge in [-0.1, -0.05) is 88.9 Å². The third kappa shape index (κ3) is 7.34. The molecule has 2 amide bonds. The molecule has 0 radical (unpaired) electrons. The van der Waals surface area contributed by atoms with Gasteiger partial charge in [-0.25, -0.2) is 0 Å². The van der Waals surface area contributed by atoms with Crippen LogP contribution in [0.4, 0.5) is 0 Å². The normalized spacial score (nSPS) is 24.0. The smallest absolute Gasteiger partial charge is 0.251 e. The van der Waals surface area contributed by atoms with E-state index in [4.69, 9.17) is 4.74 Å². The van der Waals surface area contributed by atoms with Crippen molar-refractivity contribution in [3.8, 4) is 11.1 Å². The monoisotopic (exact) mass is 534 g/mol. The van der Waals surface area contributed by atoms with Crippen molar-refractivity contribution in [3.05, 3.63) is 60.2 Å². The van der Waals surface area contributed by atoms with Gasteiger partial charge in [0.15, 0.2) is 11.4 Å². The van der Waals surface area contributed by atoms with Crippen molar-refractivity contribution in [2.75, 3.05) is 13.2 Å². The number of aliphatic hydroxyl groups excluding tert-OH is 1. The highest BCUT2D eigenvalue weighted by Crippen LogP contribution is 2.33. The van der Waals surface area contributed by atoms with E-state index in [1.54, 1.807) is 6.07 Å². The number of epoxide rings is 1. The first kappa shape index (κ1) is 29.0. The summed E-state index contributed by atoms with van der Waals surface area (Å²) in [6.45, 7) is 5.92. The molecule has 7 heteroatoms. The lowest BCUT2D eigenvalue weighted by molar-refractivity contribution is -0.133. The molecule has 1 aliphatic heterocycles. The quantitative estimate of drug-likeness (QED) is 0.347. The lowest BCUT2D eigenvalue weighted by Crippen LogP contribution is -2.55. The number of ketones is 1. The molecule has 0 bridgehead atoms. The van der Waals surface area contributed by atoms with Crippen LogP contribution in [0.1, 0.15) is 69.7 Å². The number of hydrogen-bond acceptors (Lipinski definition) is 5. The molecule has 1 heterocycles.